The third kappa shape index (κ3) is 7.98. The van der Waals surface area contributed by atoms with Gasteiger partial charge in [0, 0.05) is 58.7 Å². The van der Waals surface area contributed by atoms with Crippen molar-refractivity contribution in [2.75, 3.05) is 66.1 Å². The highest BCUT2D eigenvalue weighted by Crippen LogP contribution is 2.10. The SMILES string of the molecule is CCNC(=NCCc1nc(C(C)C)no1)N1CCN(CC(=O)NCCOC)CC1. The molecule has 164 valence electrons. The van der Waals surface area contributed by atoms with E-state index in [1.165, 1.54) is 0 Å². The van der Waals surface area contributed by atoms with Crippen LogP contribution in [0.2, 0.25) is 0 Å². The van der Waals surface area contributed by atoms with Crippen molar-refractivity contribution in [3.05, 3.63) is 11.7 Å². The zero-order valence-corrected chi connectivity index (χ0v) is 18.1. The van der Waals surface area contributed by atoms with Crippen molar-refractivity contribution in [1.29, 1.82) is 0 Å². The molecule has 0 unspecified atom stereocenters. The number of piperazine rings is 1. The van der Waals surface area contributed by atoms with Crippen LogP contribution in [0.15, 0.2) is 9.52 Å². The summed E-state index contributed by atoms with van der Waals surface area (Å²) >= 11 is 0. The van der Waals surface area contributed by atoms with Crippen molar-refractivity contribution >= 4 is 11.9 Å². The van der Waals surface area contributed by atoms with Crippen molar-refractivity contribution in [1.82, 2.24) is 30.6 Å². The van der Waals surface area contributed by atoms with Gasteiger partial charge in [0.25, 0.3) is 0 Å². The molecule has 1 aromatic heterocycles. The first-order valence-electron chi connectivity index (χ1n) is 10.4. The normalized spacial score (nSPS) is 15.8. The number of rotatable bonds is 10. The number of carbonyl (C=O) groups is 1. The first-order chi connectivity index (χ1) is 14.0. The zero-order valence-electron chi connectivity index (χ0n) is 18.1. The minimum atomic E-state index is 0.0383. The fraction of sp³-hybridized carbons (Fsp3) is 0.789. The predicted octanol–water partition coefficient (Wildman–Crippen LogP) is 0.0812. The molecule has 10 nitrogen and oxygen atoms in total. The molecule has 29 heavy (non-hydrogen) atoms. The maximum atomic E-state index is 11.9. The second-order valence-corrected chi connectivity index (χ2v) is 7.29. The van der Waals surface area contributed by atoms with E-state index < -0.39 is 0 Å². The smallest absolute Gasteiger partial charge is 0.234 e. The lowest BCUT2D eigenvalue weighted by atomic mass is 10.2. The van der Waals surface area contributed by atoms with Crippen LogP contribution >= 0.6 is 0 Å². The van der Waals surface area contributed by atoms with Crippen LogP contribution in [-0.2, 0) is 16.0 Å². The summed E-state index contributed by atoms with van der Waals surface area (Å²) in [6, 6.07) is 0. The number of amides is 1. The van der Waals surface area contributed by atoms with E-state index in [4.69, 9.17) is 14.3 Å². The van der Waals surface area contributed by atoms with Crippen molar-refractivity contribution in [3.63, 3.8) is 0 Å². The Morgan fingerprint density at radius 3 is 2.66 bits per heavy atom. The van der Waals surface area contributed by atoms with Crippen molar-refractivity contribution in [2.24, 2.45) is 4.99 Å². The molecule has 1 amide bonds. The van der Waals surface area contributed by atoms with E-state index in [0.717, 1.165) is 44.5 Å². The van der Waals surface area contributed by atoms with E-state index in [1.54, 1.807) is 7.11 Å². The molecule has 0 saturated carbocycles. The summed E-state index contributed by atoms with van der Waals surface area (Å²) in [6.07, 6.45) is 0.621. The number of hydrogen-bond acceptors (Lipinski definition) is 7. The third-order valence-corrected chi connectivity index (χ3v) is 4.59. The molecule has 0 radical (unpaired) electrons. The van der Waals surface area contributed by atoms with E-state index in [9.17, 15) is 4.79 Å². The lowest BCUT2D eigenvalue weighted by molar-refractivity contribution is -0.122. The Bertz CT molecular complexity index is 640. The standard InChI is InChI=1S/C19H35N7O3/c1-5-20-19(22-7-6-17-23-18(15(2)3)24-29-17)26-11-9-25(10-12-26)14-16(27)21-8-13-28-4/h15H,5-14H2,1-4H3,(H,20,22)(H,21,27). The van der Waals surface area contributed by atoms with Gasteiger partial charge < -0.3 is 24.8 Å². The molecule has 2 N–H and O–H groups in total. The van der Waals surface area contributed by atoms with Crippen LogP contribution in [0, 0.1) is 0 Å². The number of aliphatic imine (C=N–C) groups is 1. The summed E-state index contributed by atoms with van der Waals surface area (Å²) in [4.78, 5) is 25.4. The highest BCUT2D eigenvalue weighted by molar-refractivity contribution is 5.80. The monoisotopic (exact) mass is 409 g/mol. The molecule has 0 spiro atoms. The fourth-order valence-corrected chi connectivity index (χ4v) is 2.96. The van der Waals surface area contributed by atoms with Crippen LogP contribution in [-0.4, -0.2) is 97.9 Å². The maximum absolute atomic E-state index is 11.9. The summed E-state index contributed by atoms with van der Waals surface area (Å²) in [5, 5.41) is 10.2. The number of guanidine groups is 1. The first kappa shape index (κ1) is 23.1. The molecule has 1 aliphatic heterocycles. The Kier molecular flexibility index (Phi) is 9.85. The molecular formula is C19H35N7O3. The predicted molar refractivity (Wildman–Crippen MR) is 111 cm³/mol. The highest BCUT2D eigenvalue weighted by Gasteiger charge is 2.21. The van der Waals surface area contributed by atoms with E-state index in [2.05, 4.69) is 37.5 Å². The Balaban J connectivity index is 1.78. The number of ether oxygens (including phenoxy) is 1. The van der Waals surface area contributed by atoms with E-state index in [0.29, 0.717) is 38.6 Å². The summed E-state index contributed by atoms with van der Waals surface area (Å²) in [5.74, 6) is 2.54. The minimum absolute atomic E-state index is 0.0383. The quantitative estimate of drug-likeness (QED) is 0.318. The summed E-state index contributed by atoms with van der Waals surface area (Å²) in [7, 11) is 1.62. The Hall–Kier alpha value is -2.20. The van der Waals surface area contributed by atoms with Gasteiger partial charge in [0.15, 0.2) is 11.8 Å². The molecular weight excluding hydrogens is 374 g/mol. The van der Waals surface area contributed by atoms with Gasteiger partial charge >= 0.3 is 0 Å². The lowest BCUT2D eigenvalue weighted by Crippen LogP contribution is -2.54. The van der Waals surface area contributed by atoms with Gasteiger partial charge in [0.2, 0.25) is 11.8 Å². The number of nitrogens with one attached hydrogen (secondary N) is 2. The molecule has 1 aromatic rings. The van der Waals surface area contributed by atoms with Crippen LogP contribution in [0.25, 0.3) is 0 Å². The lowest BCUT2D eigenvalue weighted by Gasteiger charge is -2.36. The van der Waals surface area contributed by atoms with E-state index in [1.807, 2.05) is 13.8 Å². The van der Waals surface area contributed by atoms with Crippen LogP contribution in [0.1, 0.15) is 38.4 Å². The first-order valence-corrected chi connectivity index (χ1v) is 10.4. The van der Waals surface area contributed by atoms with Gasteiger partial charge in [0.1, 0.15) is 0 Å². The Morgan fingerprint density at radius 2 is 2.03 bits per heavy atom. The summed E-state index contributed by atoms with van der Waals surface area (Å²) in [5.41, 5.74) is 0. The fourth-order valence-electron chi connectivity index (χ4n) is 2.96. The molecule has 1 fully saturated rings. The number of aromatic nitrogens is 2. The summed E-state index contributed by atoms with van der Waals surface area (Å²) in [6.45, 7) is 12.3. The molecule has 0 aromatic carbocycles. The minimum Gasteiger partial charge on any atom is -0.383 e. The highest BCUT2D eigenvalue weighted by atomic mass is 16.5. The molecule has 0 aliphatic carbocycles. The van der Waals surface area contributed by atoms with Crippen molar-refractivity contribution in [3.8, 4) is 0 Å². The number of nitrogens with zero attached hydrogens (tertiary/aromatic N) is 5. The number of hydrogen-bond donors (Lipinski definition) is 2. The number of carbonyl (C=O) groups excluding carboxylic acids is 1. The topological polar surface area (TPSA) is 108 Å². The molecule has 1 saturated heterocycles. The Labute approximate surface area is 173 Å². The molecule has 10 heteroatoms. The third-order valence-electron chi connectivity index (χ3n) is 4.59. The van der Waals surface area contributed by atoms with Gasteiger partial charge in [-0.3, -0.25) is 14.7 Å². The second-order valence-electron chi connectivity index (χ2n) is 7.29. The summed E-state index contributed by atoms with van der Waals surface area (Å²) < 4.78 is 10.2. The molecule has 1 aliphatic rings. The van der Waals surface area contributed by atoms with Gasteiger partial charge in [-0.2, -0.15) is 4.98 Å². The van der Waals surface area contributed by atoms with E-state index >= 15 is 0 Å². The van der Waals surface area contributed by atoms with Gasteiger partial charge in [-0.25, -0.2) is 0 Å². The van der Waals surface area contributed by atoms with Crippen LogP contribution in [0.4, 0.5) is 0 Å². The van der Waals surface area contributed by atoms with E-state index in [-0.39, 0.29) is 11.8 Å². The van der Waals surface area contributed by atoms with Gasteiger partial charge in [0.05, 0.1) is 19.7 Å². The zero-order chi connectivity index (χ0) is 21.1. The van der Waals surface area contributed by atoms with Gasteiger partial charge in [-0.05, 0) is 6.92 Å². The van der Waals surface area contributed by atoms with Crippen molar-refractivity contribution in [2.45, 2.75) is 33.1 Å². The molecule has 2 heterocycles. The molecule has 0 bridgehead atoms. The average Bonchev–Trinajstić information content (AvgIpc) is 3.17. The molecule has 2 rings (SSSR count). The Morgan fingerprint density at radius 1 is 1.28 bits per heavy atom. The second kappa shape index (κ2) is 12.4. The van der Waals surface area contributed by atoms with Crippen LogP contribution < -0.4 is 10.6 Å². The van der Waals surface area contributed by atoms with Gasteiger partial charge in [-0.15, -0.1) is 0 Å². The largest absolute Gasteiger partial charge is 0.383 e. The van der Waals surface area contributed by atoms with Crippen LogP contribution in [0.3, 0.4) is 0 Å². The molecule has 0 atom stereocenters. The van der Waals surface area contributed by atoms with Gasteiger partial charge in [-0.1, -0.05) is 19.0 Å². The van der Waals surface area contributed by atoms with Crippen LogP contribution in [0.5, 0.6) is 0 Å². The van der Waals surface area contributed by atoms with Crippen molar-refractivity contribution < 1.29 is 14.1 Å². The number of methoxy groups -OCH3 is 1. The maximum Gasteiger partial charge on any atom is 0.234 e. The average molecular weight is 410 g/mol.